The minimum Gasteiger partial charge on any atom is -0.478 e. The molecular formula is C21H12Cl2N2O4S. The minimum atomic E-state index is -1.09. The summed E-state index contributed by atoms with van der Waals surface area (Å²) in [6, 6.07) is 15.0. The summed E-state index contributed by atoms with van der Waals surface area (Å²) in [7, 11) is 0. The quantitative estimate of drug-likeness (QED) is 0.478. The Kier molecular flexibility index (Phi) is 5.67. The molecule has 0 unspecified atom stereocenters. The van der Waals surface area contributed by atoms with Crippen molar-refractivity contribution < 1.29 is 19.1 Å². The van der Waals surface area contributed by atoms with E-state index in [4.69, 9.17) is 27.6 Å². The molecule has 0 saturated carbocycles. The normalized spacial score (nSPS) is 16.3. The third-order valence-corrected chi connectivity index (χ3v) is 5.76. The van der Waals surface area contributed by atoms with Gasteiger partial charge in [-0.05, 0) is 54.2 Å². The first-order chi connectivity index (χ1) is 14.4. The van der Waals surface area contributed by atoms with Crippen molar-refractivity contribution >= 4 is 63.8 Å². The number of carbonyl (C=O) groups excluding carboxylic acids is 1. The maximum Gasteiger partial charge on any atom is 0.337 e. The van der Waals surface area contributed by atoms with Gasteiger partial charge in [0.05, 0.1) is 26.2 Å². The number of carbonyl (C=O) groups is 2. The van der Waals surface area contributed by atoms with Gasteiger partial charge in [0, 0.05) is 11.6 Å². The molecule has 1 aromatic heterocycles. The molecule has 150 valence electrons. The van der Waals surface area contributed by atoms with Crippen molar-refractivity contribution in [2.24, 2.45) is 4.99 Å². The van der Waals surface area contributed by atoms with Crippen molar-refractivity contribution in [3.05, 3.63) is 80.9 Å². The second-order valence-electron chi connectivity index (χ2n) is 6.13. The lowest BCUT2D eigenvalue weighted by atomic mass is 10.2. The smallest absolute Gasteiger partial charge is 0.337 e. The summed E-state index contributed by atoms with van der Waals surface area (Å²) in [5, 5.41) is 13.0. The highest BCUT2D eigenvalue weighted by molar-refractivity contribution is 8.18. The third-order valence-electron chi connectivity index (χ3n) is 4.11. The monoisotopic (exact) mass is 458 g/mol. The molecule has 0 spiro atoms. The number of furan rings is 1. The molecule has 1 fully saturated rings. The van der Waals surface area contributed by atoms with E-state index in [1.807, 2.05) is 0 Å². The Hall–Kier alpha value is -3.00. The molecule has 1 aliphatic rings. The fourth-order valence-corrected chi connectivity index (χ4v) is 3.82. The van der Waals surface area contributed by atoms with Gasteiger partial charge in [-0.1, -0.05) is 35.3 Å². The average Bonchev–Trinajstić information content (AvgIpc) is 3.31. The Labute approximate surface area is 185 Å². The highest BCUT2D eigenvalue weighted by atomic mass is 35.5. The van der Waals surface area contributed by atoms with Crippen molar-refractivity contribution in [2.45, 2.75) is 0 Å². The summed E-state index contributed by atoms with van der Waals surface area (Å²) in [4.78, 5) is 28.2. The first-order valence-corrected chi connectivity index (χ1v) is 10.1. The highest BCUT2D eigenvalue weighted by Gasteiger charge is 2.25. The van der Waals surface area contributed by atoms with Gasteiger partial charge in [0.25, 0.3) is 5.91 Å². The number of thioether (sulfide) groups is 1. The van der Waals surface area contributed by atoms with E-state index in [-0.39, 0.29) is 22.3 Å². The van der Waals surface area contributed by atoms with E-state index >= 15 is 0 Å². The number of amidine groups is 1. The van der Waals surface area contributed by atoms with E-state index in [1.54, 1.807) is 54.6 Å². The summed E-state index contributed by atoms with van der Waals surface area (Å²) in [5.74, 6) is -0.390. The Morgan fingerprint density at radius 2 is 1.90 bits per heavy atom. The topological polar surface area (TPSA) is 91.9 Å². The van der Waals surface area contributed by atoms with Gasteiger partial charge in [0.2, 0.25) is 0 Å². The number of benzene rings is 2. The molecule has 1 saturated heterocycles. The molecular weight excluding hydrogens is 447 g/mol. The fraction of sp³-hybridized carbons (Fsp3) is 0. The van der Waals surface area contributed by atoms with E-state index < -0.39 is 5.97 Å². The lowest BCUT2D eigenvalue weighted by molar-refractivity contribution is -0.115. The van der Waals surface area contributed by atoms with Crippen LogP contribution in [0.1, 0.15) is 16.1 Å². The molecule has 0 bridgehead atoms. The van der Waals surface area contributed by atoms with Crippen LogP contribution in [-0.4, -0.2) is 22.2 Å². The number of nitrogens with zero attached hydrogens (tertiary/aromatic N) is 1. The summed E-state index contributed by atoms with van der Waals surface area (Å²) < 4.78 is 5.79. The number of hydrogen-bond acceptors (Lipinski definition) is 5. The SMILES string of the molecule is O=C1NC(=Nc2ccccc2C(=O)O)S/C1=C/c1ccc(-c2ccc(Cl)c(Cl)c2)o1. The predicted octanol–water partition coefficient (Wildman–Crippen LogP) is 5.84. The third kappa shape index (κ3) is 4.28. The predicted molar refractivity (Wildman–Crippen MR) is 118 cm³/mol. The van der Waals surface area contributed by atoms with Crippen molar-refractivity contribution in [1.29, 1.82) is 0 Å². The highest BCUT2D eigenvalue weighted by Crippen LogP contribution is 2.32. The average molecular weight is 459 g/mol. The maximum absolute atomic E-state index is 12.3. The van der Waals surface area contributed by atoms with E-state index in [0.717, 1.165) is 17.3 Å². The molecule has 3 aromatic rings. The van der Waals surface area contributed by atoms with Crippen LogP contribution in [0.5, 0.6) is 0 Å². The van der Waals surface area contributed by atoms with Crippen LogP contribution in [0.15, 0.2) is 68.9 Å². The number of aromatic carboxylic acids is 1. The molecule has 2 heterocycles. The number of halogens is 2. The van der Waals surface area contributed by atoms with E-state index in [1.165, 1.54) is 6.07 Å². The minimum absolute atomic E-state index is 0.0505. The van der Waals surface area contributed by atoms with Gasteiger partial charge in [-0.15, -0.1) is 0 Å². The Morgan fingerprint density at radius 3 is 2.67 bits per heavy atom. The number of amides is 1. The van der Waals surface area contributed by atoms with Gasteiger partial charge < -0.3 is 14.8 Å². The number of rotatable bonds is 4. The van der Waals surface area contributed by atoms with Crippen molar-refractivity contribution in [2.75, 3.05) is 0 Å². The van der Waals surface area contributed by atoms with Crippen LogP contribution in [0.4, 0.5) is 5.69 Å². The van der Waals surface area contributed by atoms with Crippen LogP contribution in [0.25, 0.3) is 17.4 Å². The second-order valence-corrected chi connectivity index (χ2v) is 7.98. The summed E-state index contributed by atoms with van der Waals surface area (Å²) in [6.45, 7) is 0. The zero-order valence-corrected chi connectivity index (χ0v) is 17.4. The van der Waals surface area contributed by atoms with Crippen LogP contribution in [0, 0.1) is 0 Å². The van der Waals surface area contributed by atoms with Gasteiger partial charge in [-0.25, -0.2) is 9.79 Å². The van der Waals surface area contributed by atoms with E-state index in [9.17, 15) is 14.7 Å². The zero-order chi connectivity index (χ0) is 21.3. The van der Waals surface area contributed by atoms with E-state index in [2.05, 4.69) is 10.3 Å². The largest absolute Gasteiger partial charge is 0.478 e. The molecule has 6 nitrogen and oxygen atoms in total. The lowest BCUT2D eigenvalue weighted by Crippen LogP contribution is -2.19. The van der Waals surface area contributed by atoms with Gasteiger partial charge in [-0.3, -0.25) is 4.79 Å². The number of para-hydroxylation sites is 1. The van der Waals surface area contributed by atoms with E-state index in [0.29, 0.717) is 26.5 Å². The van der Waals surface area contributed by atoms with Crippen LogP contribution in [0.2, 0.25) is 10.0 Å². The van der Waals surface area contributed by atoms with Gasteiger partial charge in [0.15, 0.2) is 5.17 Å². The number of aliphatic imine (C=N–C) groups is 1. The summed E-state index contributed by atoms with van der Waals surface area (Å²) in [5.41, 5.74) is 1.06. The van der Waals surface area contributed by atoms with Gasteiger partial charge in [-0.2, -0.15) is 0 Å². The summed E-state index contributed by atoms with van der Waals surface area (Å²) in [6.07, 6.45) is 1.59. The Balaban J connectivity index is 1.57. The second kappa shape index (κ2) is 8.39. The molecule has 0 aliphatic carbocycles. The Morgan fingerprint density at radius 1 is 1.10 bits per heavy atom. The summed E-state index contributed by atoms with van der Waals surface area (Å²) >= 11 is 13.1. The fourth-order valence-electron chi connectivity index (χ4n) is 2.71. The lowest BCUT2D eigenvalue weighted by Gasteiger charge is -2.00. The number of nitrogens with one attached hydrogen (secondary N) is 1. The molecule has 1 amide bonds. The van der Waals surface area contributed by atoms with Crippen LogP contribution in [-0.2, 0) is 4.79 Å². The van der Waals surface area contributed by atoms with Crippen molar-refractivity contribution in [1.82, 2.24) is 5.32 Å². The maximum atomic E-state index is 12.3. The number of carboxylic acids is 1. The first kappa shape index (κ1) is 20.3. The molecule has 1 aliphatic heterocycles. The van der Waals surface area contributed by atoms with Crippen LogP contribution in [0.3, 0.4) is 0 Å². The number of carboxylic acid groups (broad SMARTS) is 1. The van der Waals surface area contributed by atoms with Crippen LogP contribution < -0.4 is 5.32 Å². The van der Waals surface area contributed by atoms with Crippen molar-refractivity contribution in [3.8, 4) is 11.3 Å². The van der Waals surface area contributed by atoms with Gasteiger partial charge >= 0.3 is 5.97 Å². The molecule has 30 heavy (non-hydrogen) atoms. The zero-order valence-electron chi connectivity index (χ0n) is 15.1. The molecule has 2 aromatic carbocycles. The molecule has 0 radical (unpaired) electrons. The molecule has 9 heteroatoms. The molecule has 0 atom stereocenters. The standard InChI is InChI=1S/C21H12Cl2N2O4S/c22-14-7-5-11(9-15(14)23)17-8-6-12(29-17)10-18-19(26)25-21(30-18)24-16-4-2-1-3-13(16)20(27)28/h1-10H,(H,27,28)(H,24,25,26)/b18-10+. The van der Waals surface area contributed by atoms with Crippen LogP contribution >= 0.6 is 35.0 Å². The van der Waals surface area contributed by atoms with Crippen molar-refractivity contribution in [3.63, 3.8) is 0 Å². The first-order valence-electron chi connectivity index (χ1n) is 8.58. The Bertz CT molecular complexity index is 1230. The molecule has 4 rings (SSSR count). The molecule has 2 N–H and O–H groups in total. The number of hydrogen-bond donors (Lipinski definition) is 2. The van der Waals surface area contributed by atoms with Gasteiger partial charge in [0.1, 0.15) is 11.5 Å².